The number of carbonyl (C=O) groups excluding carboxylic acids is 1. The Morgan fingerprint density at radius 2 is 2.29 bits per heavy atom. The van der Waals surface area contributed by atoms with Crippen molar-refractivity contribution < 1.29 is 18.0 Å². The molecule has 1 aromatic heterocycles. The largest absolute Gasteiger partial charge is 0.401 e. The lowest BCUT2D eigenvalue weighted by atomic mass is 10.1. The van der Waals surface area contributed by atoms with Gasteiger partial charge in [0.15, 0.2) is 0 Å². The van der Waals surface area contributed by atoms with Crippen LogP contribution in [0.15, 0.2) is 11.4 Å². The van der Waals surface area contributed by atoms with Gasteiger partial charge in [0.2, 0.25) is 5.91 Å². The van der Waals surface area contributed by atoms with Gasteiger partial charge in [-0.15, -0.1) is 11.3 Å². The number of amides is 1. The maximum Gasteiger partial charge on any atom is 0.401 e. The summed E-state index contributed by atoms with van der Waals surface area (Å²) in [7, 11) is 0. The van der Waals surface area contributed by atoms with Gasteiger partial charge in [-0.1, -0.05) is 0 Å². The minimum atomic E-state index is -4.12. The number of likely N-dealkylation sites (tertiary alicyclic amines) is 1. The number of rotatable bonds is 6. The average molecular weight is 321 g/mol. The lowest BCUT2D eigenvalue weighted by Crippen LogP contribution is -2.33. The molecular weight excluding hydrogens is 303 g/mol. The molecule has 0 aliphatic carbocycles. The summed E-state index contributed by atoms with van der Waals surface area (Å²) in [5.41, 5.74) is 5.67. The molecule has 2 heterocycles. The molecule has 4 nitrogen and oxygen atoms in total. The Bertz CT molecular complexity index is 489. The topological polar surface area (TPSA) is 58.4 Å². The van der Waals surface area contributed by atoms with Crippen LogP contribution in [0.4, 0.5) is 13.2 Å². The van der Waals surface area contributed by atoms with E-state index in [0.717, 1.165) is 11.3 Å². The number of nitrogens with zero attached hydrogens (tertiary/aromatic N) is 1. The number of primary amides is 1. The van der Waals surface area contributed by atoms with Crippen molar-refractivity contribution in [3.63, 3.8) is 0 Å². The molecule has 1 unspecified atom stereocenters. The molecule has 1 fully saturated rings. The van der Waals surface area contributed by atoms with Crippen LogP contribution in [-0.2, 0) is 6.54 Å². The van der Waals surface area contributed by atoms with Gasteiger partial charge >= 0.3 is 6.18 Å². The van der Waals surface area contributed by atoms with Crippen LogP contribution in [0.2, 0.25) is 0 Å². The normalized spacial score (nSPS) is 20.0. The minimum Gasteiger partial charge on any atom is -0.366 e. The predicted octanol–water partition coefficient (Wildman–Crippen LogP) is 1.82. The lowest BCUT2D eigenvalue weighted by molar-refractivity contribution is -0.143. The van der Waals surface area contributed by atoms with Crippen LogP contribution in [0.25, 0.3) is 0 Å². The van der Waals surface area contributed by atoms with E-state index >= 15 is 0 Å². The molecular formula is C13H18F3N3OS. The Labute approximate surface area is 125 Å². The quantitative estimate of drug-likeness (QED) is 0.840. The Morgan fingerprint density at radius 3 is 2.90 bits per heavy atom. The average Bonchev–Trinajstić information content (AvgIpc) is 2.97. The summed E-state index contributed by atoms with van der Waals surface area (Å²) < 4.78 is 36.8. The molecule has 1 aliphatic heterocycles. The standard InChI is InChI=1S/C13H18F3N3OS/c14-13(15,16)8-19-2-1-9(6-19)4-18-5-11-3-10(7-21-11)12(17)20/h3,7,9,18H,1-2,4-6,8H2,(H2,17,20). The molecule has 2 rings (SSSR count). The van der Waals surface area contributed by atoms with Gasteiger partial charge in [-0.25, -0.2) is 0 Å². The highest BCUT2D eigenvalue weighted by Crippen LogP contribution is 2.22. The van der Waals surface area contributed by atoms with E-state index in [9.17, 15) is 18.0 Å². The molecule has 3 N–H and O–H groups in total. The summed E-state index contributed by atoms with van der Waals surface area (Å²) in [5, 5.41) is 4.94. The van der Waals surface area contributed by atoms with Crippen LogP contribution < -0.4 is 11.1 Å². The fourth-order valence-corrected chi connectivity index (χ4v) is 3.32. The second kappa shape index (κ2) is 6.76. The number of nitrogens with two attached hydrogens (primary N) is 1. The maximum atomic E-state index is 12.3. The molecule has 0 radical (unpaired) electrons. The van der Waals surface area contributed by atoms with Crippen molar-refractivity contribution in [3.8, 4) is 0 Å². The van der Waals surface area contributed by atoms with Crippen molar-refractivity contribution in [2.24, 2.45) is 11.7 Å². The van der Waals surface area contributed by atoms with Crippen LogP contribution in [0.5, 0.6) is 0 Å². The molecule has 1 aliphatic rings. The van der Waals surface area contributed by atoms with Crippen molar-refractivity contribution in [1.29, 1.82) is 0 Å². The molecule has 0 aromatic carbocycles. The van der Waals surface area contributed by atoms with Gasteiger partial charge in [0.05, 0.1) is 12.1 Å². The first-order valence-electron chi connectivity index (χ1n) is 6.70. The van der Waals surface area contributed by atoms with Gasteiger partial charge in [-0.2, -0.15) is 13.2 Å². The van der Waals surface area contributed by atoms with E-state index in [1.54, 1.807) is 11.4 Å². The number of halogens is 3. The van der Waals surface area contributed by atoms with Crippen molar-refractivity contribution in [3.05, 3.63) is 21.9 Å². The van der Waals surface area contributed by atoms with Gasteiger partial charge in [0, 0.05) is 23.3 Å². The van der Waals surface area contributed by atoms with Crippen LogP contribution in [0.1, 0.15) is 21.7 Å². The van der Waals surface area contributed by atoms with Crippen molar-refractivity contribution in [2.45, 2.75) is 19.1 Å². The van der Waals surface area contributed by atoms with Crippen molar-refractivity contribution in [2.75, 3.05) is 26.2 Å². The number of hydrogen-bond donors (Lipinski definition) is 2. The first-order valence-corrected chi connectivity index (χ1v) is 7.58. The van der Waals surface area contributed by atoms with Gasteiger partial charge in [-0.3, -0.25) is 9.69 Å². The SMILES string of the molecule is NC(=O)c1csc(CNCC2CCN(CC(F)(F)F)C2)c1. The smallest absolute Gasteiger partial charge is 0.366 e. The first-order chi connectivity index (χ1) is 9.83. The molecule has 21 heavy (non-hydrogen) atoms. The fourth-order valence-electron chi connectivity index (χ4n) is 2.48. The second-order valence-electron chi connectivity index (χ2n) is 5.30. The second-order valence-corrected chi connectivity index (χ2v) is 6.30. The van der Waals surface area contributed by atoms with E-state index in [1.807, 2.05) is 0 Å². The highest BCUT2D eigenvalue weighted by molar-refractivity contribution is 7.10. The maximum absolute atomic E-state index is 12.3. The van der Waals surface area contributed by atoms with Gasteiger partial charge < -0.3 is 11.1 Å². The molecule has 1 aromatic rings. The zero-order valence-corrected chi connectivity index (χ0v) is 12.3. The van der Waals surface area contributed by atoms with E-state index in [0.29, 0.717) is 31.7 Å². The molecule has 0 bridgehead atoms. The van der Waals surface area contributed by atoms with E-state index < -0.39 is 18.6 Å². The summed E-state index contributed by atoms with van der Waals surface area (Å²) >= 11 is 1.45. The summed E-state index contributed by atoms with van der Waals surface area (Å²) in [4.78, 5) is 13.4. The zero-order valence-electron chi connectivity index (χ0n) is 11.4. The van der Waals surface area contributed by atoms with Crippen molar-refractivity contribution >= 4 is 17.2 Å². The number of nitrogens with one attached hydrogen (secondary N) is 1. The van der Waals surface area contributed by atoms with E-state index in [1.165, 1.54) is 16.2 Å². The summed E-state index contributed by atoms with van der Waals surface area (Å²) in [6.45, 7) is 1.43. The monoisotopic (exact) mass is 321 g/mol. The Kier molecular flexibility index (Phi) is 5.23. The predicted molar refractivity (Wildman–Crippen MR) is 75.1 cm³/mol. The molecule has 0 saturated carbocycles. The molecule has 0 spiro atoms. The van der Waals surface area contributed by atoms with E-state index in [2.05, 4.69) is 5.32 Å². The molecule has 1 amide bonds. The fraction of sp³-hybridized carbons (Fsp3) is 0.615. The molecule has 118 valence electrons. The highest BCUT2D eigenvalue weighted by atomic mass is 32.1. The van der Waals surface area contributed by atoms with Crippen LogP contribution in [0, 0.1) is 5.92 Å². The summed E-state index contributed by atoms with van der Waals surface area (Å²) in [6.07, 6.45) is -3.34. The lowest BCUT2D eigenvalue weighted by Gasteiger charge is -2.17. The Hall–Kier alpha value is -1.12. The number of thiophene rings is 1. The van der Waals surface area contributed by atoms with Crippen molar-refractivity contribution in [1.82, 2.24) is 10.2 Å². The molecule has 1 atom stereocenters. The van der Waals surface area contributed by atoms with Crippen LogP contribution >= 0.6 is 11.3 Å². The number of hydrogen-bond acceptors (Lipinski definition) is 4. The highest BCUT2D eigenvalue weighted by Gasteiger charge is 2.34. The van der Waals surface area contributed by atoms with Gasteiger partial charge in [0.1, 0.15) is 0 Å². The Morgan fingerprint density at radius 1 is 1.52 bits per heavy atom. The summed E-state index contributed by atoms with van der Waals surface area (Å²) in [5.74, 6) is -0.209. The molecule has 8 heteroatoms. The van der Waals surface area contributed by atoms with E-state index in [-0.39, 0.29) is 5.92 Å². The molecule has 1 saturated heterocycles. The van der Waals surface area contributed by atoms with E-state index in [4.69, 9.17) is 5.73 Å². The van der Waals surface area contributed by atoms with Gasteiger partial charge in [0.25, 0.3) is 0 Å². The van der Waals surface area contributed by atoms with Crippen LogP contribution in [0.3, 0.4) is 0 Å². The number of carbonyl (C=O) groups is 1. The third-order valence-corrected chi connectivity index (χ3v) is 4.38. The third-order valence-electron chi connectivity index (χ3n) is 3.44. The number of alkyl halides is 3. The van der Waals surface area contributed by atoms with Gasteiger partial charge in [-0.05, 0) is 31.5 Å². The summed E-state index contributed by atoms with van der Waals surface area (Å²) in [6, 6.07) is 1.74. The minimum absolute atomic E-state index is 0.239. The third kappa shape index (κ3) is 5.29. The Balaban J connectivity index is 1.68. The zero-order chi connectivity index (χ0) is 15.5. The van der Waals surface area contributed by atoms with Crippen LogP contribution in [-0.4, -0.2) is 43.2 Å². The first kappa shape index (κ1) is 16.3.